The second-order valence-corrected chi connectivity index (χ2v) is 13.9. The van der Waals surface area contributed by atoms with Crippen LogP contribution in [0, 0.1) is 5.92 Å². The Balaban J connectivity index is 1.59. The molecular formula is C30H41ClN4O6S. The largest absolute Gasteiger partial charge is 0.488 e. The van der Waals surface area contributed by atoms with Gasteiger partial charge in [0.1, 0.15) is 11.9 Å². The maximum absolute atomic E-state index is 13.5. The molecule has 1 saturated carbocycles. The summed E-state index contributed by atoms with van der Waals surface area (Å²) in [6.45, 7) is 3.73. The van der Waals surface area contributed by atoms with Gasteiger partial charge < -0.3 is 25.4 Å². The predicted molar refractivity (Wildman–Crippen MR) is 162 cm³/mol. The minimum absolute atomic E-state index is 0.00219. The fourth-order valence-corrected chi connectivity index (χ4v) is 6.77. The first-order valence-corrected chi connectivity index (χ1v) is 16.3. The summed E-state index contributed by atoms with van der Waals surface area (Å²) in [4.78, 5) is 27.9. The van der Waals surface area contributed by atoms with Crippen LogP contribution >= 0.6 is 11.6 Å². The molecule has 0 spiro atoms. The monoisotopic (exact) mass is 620 g/mol. The van der Waals surface area contributed by atoms with E-state index in [1.54, 1.807) is 30.0 Å². The Morgan fingerprint density at radius 2 is 1.86 bits per heavy atom. The summed E-state index contributed by atoms with van der Waals surface area (Å²) in [5, 5.41) is 16.2. The minimum atomic E-state index is -3.84. The van der Waals surface area contributed by atoms with Gasteiger partial charge >= 0.3 is 6.03 Å². The smallest absolute Gasteiger partial charge is 0.319 e. The Labute approximate surface area is 253 Å². The highest BCUT2D eigenvalue weighted by Gasteiger charge is 2.33. The number of anilines is 1. The molecule has 12 heteroatoms. The SMILES string of the molecule is C[C@@H]1CN([C@H](C)CO)C(=O)Cc2cc(NC(=O)NC3CCCCC3)ccc2O[C@H]1CN(C)S(=O)(=O)c1ccc(Cl)cc1. The zero-order valence-electron chi connectivity index (χ0n) is 24.4. The summed E-state index contributed by atoms with van der Waals surface area (Å²) in [6, 6.07) is 10.5. The second kappa shape index (κ2) is 14.1. The average Bonchev–Trinajstić information content (AvgIpc) is 3.00. The molecule has 42 heavy (non-hydrogen) atoms. The van der Waals surface area contributed by atoms with E-state index >= 15 is 0 Å². The van der Waals surface area contributed by atoms with Crippen LogP contribution in [-0.4, -0.2) is 79.6 Å². The van der Waals surface area contributed by atoms with Crippen molar-refractivity contribution in [2.45, 2.75) is 75.5 Å². The number of likely N-dealkylation sites (N-methyl/N-ethyl adjacent to an activating group) is 1. The molecular weight excluding hydrogens is 580 g/mol. The van der Waals surface area contributed by atoms with Crippen LogP contribution in [0.3, 0.4) is 0 Å². The summed E-state index contributed by atoms with van der Waals surface area (Å²) < 4.78 is 34.4. The van der Waals surface area contributed by atoms with Crippen molar-refractivity contribution in [1.82, 2.24) is 14.5 Å². The highest BCUT2D eigenvalue weighted by molar-refractivity contribution is 7.89. The van der Waals surface area contributed by atoms with Gasteiger partial charge in [-0.2, -0.15) is 4.31 Å². The number of carbonyl (C=O) groups excluding carboxylic acids is 2. The zero-order valence-corrected chi connectivity index (χ0v) is 26.0. The van der Waals surface area contributed by atoms with Gasteiger partial charge in [0.2, 0.25) is 15.9 Å². The van der Waals surface area contributed by atoms with Crippen LogP contribution in [0.15, 0.2) is 47.4 Å². The first-order chi connectivity index (χ1) is 20.0. The molecule has 2 aliphatic rings. The van der Waals surface area contributed by atoms with Crippen molar-refractivity contribution >= 4 is 39.2 Å². The quantitative estimate of drug-likeness (QED) is 0.405. The molecule has 2 aromatic carbocycles. The number of hydrogen-bond acceptors (Lipinski definition) is 6. The number of aliphatic hydroxyl groups excluding tert-OH is 1. The van der Waals surface area contributed by atoms with E-state index in [0.717, 1.165) is 25.7 Å². The number of amides is 3. The number of aliphatic hydroxyl groups is 1. The van der Waals surface area contributed by atoms with Gasteiger partial charge in [-0.3, -0.25) is 4.79 Å². The predicted octanol–water partition coefficient (Wildman–Crippen LogP) is 4.26. The third-order valence-corrected chi connectivity index (χ3v) is 10.2. The van der Waals surface area contributed by atoms with Gasteiger partial charge in [0.15, 0.2) is 0 Å². The lowest BCUT2D eigenvalue weighted by Crippen LogP contribution is -2.48. The van der Waals surface area contributed by atoms with Crippen LogP contribution in [0.5, 0.6) is 5.75 Å². The van der Waals surface area contributed by atoms with E-state index in [9.17, 15) is 23.1 Å². The molecule has 0 aromatic heterocycles. The summed E-state index contributed by atoms with van der Waals surface area (Å²) in [5.41, 5.74) is 1.08. The maximum atomic E-state index is 13.5. The number of sulfonamides is 1. The molecule has 1 fully saturated rings. The first-order valence-electron chi connectivity index (χ1n) is 14.5. The lowest BCUT2D eigenvalue weighted by molar-refractivity contribution is -0.134. The summed E-state index contributed by atoms with van der Waals surface area (Å²) >= 11 is 5.95. The molecule has 0 saturated heterocycles. The highest BCUT2D eigenvalue weighted by atomic mass is 35.5. The number of rotatable bonds is 8. The van der Waals surface area contributed by atoms with E-state index in [1.807, 2.05) is 6.92 Å². The fourth-order valence-electron chi connectivity index (χ4n) is 5.46. The lowest BCUT2D eigenvalue weighted by atomic mass is 9.96. The molecule has 2 aromatic rings. The molecule has 1 aliphatic carbocycles. The Kier molecular flexibility index (Phi) is 10.7. The minimum Gasteiger partial charge on any atom is -0.488 e. The molecule has 0 unspecified atom stereocenters. The molecule has 3 atom stereocenters. The van der Waals surface area contributed by atoms with Gasteiger partial charge in [0.05, 0.1) is 30.5 Å². The Hall–Kier alpha value is -2.86. The zero-order chi connectivity index (χ0) is 30.4. The van der Waals surface area contributed by atoms with Crippen LogP contribution in [0.2, 0.25) is 5.02 Å². The van der Waals surface area contributed by atoms with E-state index in [4.69, 9.17) is 16.3 Å². The topological polar surface area (TPSA) is 128 Å². The number of benzene rings is 2. The Morgan fingerprint density at radius 3 is 2.52 bits per heavy atom. The molecule has 1 aliphatic heterocycles. The molecule has 10 nitrogen and oxygen atoms in total. The number of halogens is 1. The normalized spacial score (nSPS) is 21.0. The highest BCUT2D eigenvalue weighted by Crippen LogP contribution is 2.30. The maximum Gasteiger partial charge on any atom is 0.319 e. The van der Waals surface area contributed by atoms with Crippen LogP contribution in [0.4, 0.5) is 10.5 Å². The molecule has 3 amide bonds. The fraction of sp³-hybridized carbons (Fsp3) is 0.533. The van der Waals surface area contributed by atoms with Gasteiger partial charge in [-0.15, -0.1) is 0 Å². The number of fused-ring (bicyclic) bond motifs is 1. The van der Waals surface area contributed by atoms with Gasteiger partial charge in [-0.1, -0.05) is 37.8 Å². The Bertz CT molecular complexity index is 1350. The van der Waals surface area contributed by atoms with E-state index in [1.165, 1.54) is 42.0 Å². The van der Waals surface area contributed by atoms with Gasteiger partial charge in [0.25, 0.3) is 0 Å². The van der Waals surface area contributed by atoms with Crippen molar-refractivity contribution in [2.75, 3.05) is 32.1 Å². The number of carbonyl (C=O) groups is 2. The summed E-state index contributed by atoms with van der Waals surface area (Å²) in [6.07, 6.45) is 4.68. The van der Waals surface area contributed by atoms with Crippen molar-refractivity contribution < 1.29 is 27.9 Å². The second-order valence-electron chi connectivity index (χ2n) is 11.4. The van der Waals surface area contributed by atoms with Crippen LogP contribution in [-0.2, 0) is 21.2 Å². The van der Waals surface area contributed by atoms with Crippen molar-refractivity contribution in [1.29, 1.82) is 0 Å². The van der Waals surface area contributed by atoms with E-state index in [-0.39, 0.29) is 54.9 Å². The van der Waals surface area contributed by atoms with E-state index in [2.05, 4.69) is 10.6 Å². The van der Waals surface area contributed by atoms with Crippen LogP contribution in [0.25, 0.3) is 0 Å². The van der Waals surface area contributed by atoms with Crippen molar-refractivity contribution in [2.24, 2.45) is 5.92 Å². The number of hydrogen-bond donors (Lipinski definition) is 3. The van der Waals surface area contributed by atoms with Gasteiger partial charge in [-0.25, -0.2) is 13.2 Å². The van der Waals surface area contributed by atoms with Gasteiger partial charge in [0, 0.05) is 41.8 Å². The number of nitrogens with zero attached hydrogens (tertiary/aromatic N) is 2. The molecule has 1 heterocycles. The standard InChI is InChI=1S/C30H41ClN4O6S/c1-20-17-35(21(2)19-36)29(37)16-22-15-25(33-30(38)32-24-7-5-4-6-8-24)11-14-27(22)41-28(20)18-34(3)42(39,40)26-12-9-23(31)10-13-26/h9-15,20-21,24,28,36H,4-8,16-19H2,1-3H3,(H2,32,33,38)/t20-,21-,28+/m1/s1. The lowest BCUT2D eigenvalue weighted by Gasteiger charge is -2.33. The molecule has 0 bridgehead atoms. The average molecular weight is 621 g/mol. The van der Waals surface area contributed by atoms with Crippen LogP contribution in [0.1, 0.15) is 51.5 Å². The molecule has 3 N–H and O–H groups in total. The van der Waals surface area contributed by atoms with Crippen molar-refractivity contribution in [3.8, 4) is 5.75 Å². The third-order valence-electron chi connectivity index (χ3n) is 8.07. The number of ether oxygens (including phenoxy) is 1. The van der Waals surface area contributed by atoms with Crippen molar-refractivity contribution in [3.05, 3.63) is 53.1 Å². The third kappa shape index (κ3) is 7.94. The van der Waals surface area contributed by atoms with Crippen LogP contribution < -0.4 is 15.4 Å². The number of urea groups is 1. The molecule has 230 valence electrons. The van der Waals surface area contributed by atoms with E-state index < -0.39 is 22.2 Å². The first kappa shape index (κ1) is 32.1. The molecule has 4 rings (SSSR count). The van der Waals surface area contributed by atoms with E-state index in [0.29, 0.717) is 22.0 Å². The Morgan fingerprint density at radius 1 is 1.17 bits per heavy atom. The van der Waals surface area contributed by atoms with Crippen molar-refractivity contribution in [3.63, 3.8) is 0 Å². The summed E-state index contributed by atoms with van der Waals surface area (Å²) in [7, 11) is -2.35. The molecule has 0 radical (unpaired) electrons. The summed E-state index contributed by atoms with van der Waals surface area (Å²) in [5.74, 6) is -0.0371. The van der Waals surface area contributed by atoms with Gasteiger partial charge in [-0.05, 0) is 62.2 Å². The number of nitrogens with one attached hydrogen (secondary N) is 2.